The number of nitrogens with zero attached hydrogens (tertiary/aromatic N) is 3. The van der Waals surface area contributed by atoms with Crippen LogP contribution in [0.1, 0.15) is 13.3 Å². The number of aromatic nitrogens is 1. The van der Waals surface area contributed by atoms with E-state index in [9.17, 15) is 10.1 Å². The molecule has 1 aromatic rings. The second-order valence-electron chi connectivity index (χ2n) is 4.94. The summed E-state index contributed by atoms with van der Waals surface area (Å²) in [5, 5.41) is 14.0. The molecular formula is C12H18N4O2. The highest BCUT2D eigenvalue weighted by atomic mass is 16.6. The Bertz CT molecular complexity index is 438. The van der Waals surface area contributed by atoms with Crippen LogP contribution in [0.25, 0.3) is 0 Å². The predicted octanol–water partition coefficient (Wildman–Crippen LogP) is 1.74. The van der Waals surface area contributed by atoms with Crippen LogP contribution in [-0.4, -0.2) is 41.0 Å². The molecule has 1 aliphatic heterocycles. The molecule has 98 valence electrons. The molecule has 1 saturated heterocycles. The smallest absolute Gasteiger partial charge is 0.274 e. The fraction of sp³-hybridized carbons (Fsp3) is 0.583. The molecule has 18 heavy (non-hydrogen) atoms. The summed E-state index contributed by atoms with van der Waals surface area (Å²) in [4.78, 5) is 16.7. The summed E-state index contributed by atoms with van der Waals surface area (Å²) in [5.74, 6) is 1.09. The van der Waals surface area contributed by atoms with Crippen molar-refractivity contribution in [2.45, 2.75) is 19.4 Å². The van der Waals surface area contributed by atoms with Gasteiger partial charge >= 0.3 is 0 Å². The summed E-state index contributed by atoms with van der Waals surface area (Å²) >= 11 is 0. The zero-order valence-electron chi connectivity index (χ0n) is 10.7. The molecular weight excluding hydrogens is 232 g/mol. The lowest BCUT2D eigenvalue weighted by Gasteiger charge is -2.35. The summed E-state index contributed by atoms with van der Waals surface area (Å²) in [5.41, 5.74) is 0.0769. The quantitative estimate of drug-likeness (QED) is 0.653. The lowest BCUT2D eigenvalue weighted by atomic mass is 9.94. The van der Waals surface area contributed by atoms with Gasteiger partial charge in [0, 0.05) is 24.8 Å². The molecule has 2 unspecified atom stereocenters. The van der Waals surface area contributed by atoms with E-state index in [2.05, 4.69) is 29.2 Å². The van der Waals surface area contributed by atoms with Crippen molar-refractivity contribution in [1.29, 1.82) is 0 Å². The van der Waals surface area contributed by atoms with E-state index in [4.69, 9.17) is 0 Å². The molecule has 0 amide bonds. The number of nitrogens with one attached hydrogen (secondary N) is 1. The molecule has 0 radical (unpaired) electrons. The topological polar surface area (TPSA) is 71.3 Å². The standard InChI is InChI=1S/C12H18N4O2/c1-9-8-15(2)6-4-11(9)14-12-7-10(16(17)18)3-5-13-12/h3,5,7,9,11H,4,6,8H2,1-2H3,(H,13,14). The maximum atomic E-state index is 10.7. The van der Waals surface area contributed by atoms with E-state index in [0.717, 1.165) is 19.5 Å². The van der Waals surface area contributed by atoms with E-state index >= 15 is 0 Å². The van der Waals surface area contributed by atoms with Crippen LogP contribution in [0.5, 0.6) is 0 Å². The third-order valence-electron chi connectivity index (χ3n) is 3.40. The Labute approximate surface area is 106 Å². The number of rotatable bonds is 3. The Hall–Kier alpha value is -1.69. The van der Waals surface area contributed by atoms with Crippen molar-refractivity contribution in [3.8, 4) is 0 Å². The third-order valence-corrected chi connectivity index (χ3v) is 3.40. The highest BCUT2D eigenvalue weighted by Gasteiger charge is 2.24. The lowest BCUT2D eigenvalue weighted by Crippen LogP contribution is -2.43. The van der Waals surface area contributed by atoms with Gasteiger partial charge in [0.1, 0.15) is 5.82 Å². The summed E-state index contributed by atoms with van der Waals surface area (Å²) in [6, 6.07) is 3.23. The second kappa shape index (κ2) is 5.30. The lowest BCUT2D eigenvalue weighted by molar-refractivity contribution is -0.384. The predicted molar refractivity (Wildman–Crippen MR) is 69.6 cm³/mol. The van der Waals surface area contributed by atoms with Crippen LogP contribution >= 0.6 is 0 Å². The van der Waals surface area contributed by atoms with Gasteiger partial charge in [-0.15, -0.1) is 0 Å². The van der Waals surface area contributed by atoms with Crippen LogP contribution in [0.4, 0.5) is 11.5 Å². The van der Waals surface area contributed by atoms with Gasteiger partial charge in [-0.25, -0.2) is 4.98 Å². The molecule has 0 saturated carbocycles. The van der Waals surface area contributed by atoms with E-state index in [1.807, 2.05) is 0 Å². The number of pyridine rings is 1. The maximum absolute atomic E-state index is 10.7. The molecule has 6 nitrogen and oxygen atoms in total. The Morgan fingerprint density at radius 1 is 1.61 bits per heavy atom. The van der Waals surface area contributed by atoms with Crippen LogP contribution in [0.3, 0.4) is 0 Å². The minimum atomic E-state index is -0.398. The van der Waals surface area contributed by atoms with Crippen LogP contribution in [0.2, 0.25) is 0 Å². The first kappa shape index (κ1) is 12.8. The van der Waals surface area contributed by atoms with Gasteiger partial charge in [-0.3, -0.25) is 10.1 Å². The van der Waals surface area contributed by atoms with Crippen molar-refractivity contribution in [3.63, 3.8) is 0 Å². The molecule has 0 aromatic carbocycles. The third kappa shape index (κ3) is 2.95. The molecule has 1 aromatic heterocycles. The Kier molecular flexibility index (Phi) is 3.76. The summed E-state index contributed by atoms with van der Waals surface area (Å²) in [6.07, 6.45) is 2.50. The van der Waals surface area contributed by atoms with Crippen LogP contribution in [0, 0.1) is 16.0 Å². The number of hydrogen-bond donors (Lipinski definition) is 1. The van der Waals surface area contributed by atoms with E-state index < -0.39 is 4.92 Å². The molecule has 2 atom stereocenters. The zero-order valence-corrected chi connectivity index (χ0v) is 10.7. The minimum absolute atomic E-state index is 0.0769. The molecule has 0 aliphatic carbocycles. The van der Waals surface area contributed by atoms with Crippen molar-refractivity contribution in [3.05, 3.63) is 28.4 Å². The second-order valence-corrected chi connectivity index (χ2v) is 4.94. The monoisotopic (exact) mass is 250 g/mol. The minimum Gasteiger partial charge on any atom is -0.367 e. The highest BCUT2D eigenvalue weighted by molar-refractivity contribution is 5.45. The average Bonchev–Trinajstić information content (AvgIpc) is 2.33. The van der Waals surface area contributed by atoms with Crippen molar-refractivity contribution >= 4 is 11.5 Å². The van der Waals surface area contributed by atoms with Crippen molar-refractivity contribution in [2.75, 3.05) is 25.5 Å². The summed E-state index contributed by atoms with van der Waals surface area (Å²) in [7, 11) is 2.11. The molecule has 2 heterocycles. The van der Waals surface area contributed by atoms with Gasteiger partial charge in [-0.05, 0) is 25.9 Å². The Morgan fingerprint density at radius 2 is 2.39 bits per heavy atom. The summed E-state index contributed by atoms with van der Waals surface area (Å²) in [6.45, 7) is 4.26. The van der Waals surface area contributed by atoms with Crippen LogP contribution in [-0.2, 0) is 0 Å². The Morgan fingerprint density at radius 3 is 3.06 bits per heavy atom. The van der Waals surface area contributed by atoms with Crippen molar-refractivity contribution in [1.82, 2.24) is 9.88 Å². The van der Waals surface area contributed by atoms with Crippen molar-refractivity contribution < 1.29 is 4.92 Å². The first-order valence-electron chi connectivity index (χ1n) is 6.12. The van der Waals surface area contributed by atoms with E-state index in [0.29, 0.717) is 17.8 Å². The molecule has 1 aliphatic rings. The first-order chi connectivity index (χ1) is 8.56. The molecule has 0 spiro atoms. The summed E-state index contributed by atoms with van der Waals surface area (Å²) < 4.78 is 0. The largest absolute Gasteiger partial charge is 0.367 e. The van der Waals surface area contributed by atoms with Crippen LogP contribution in [0.15, 0.2) is 18.3 Å². The fourth-order valence-corrected chi connectivity index (χ4v) is 2.37. The van der Waals surface area contributed by atoms with Gasteiger partial charge in [-0.1, -0.05) is 6.92 Å². The first-order valence-corrected chi connectivity index (χ1v) is 6.12. The van der Waals surface area contributed by atoms with Crippen LogP contribution < -0.4 is 5.32 Å². The normalized spacial score (nSPS) is 24.8. The van der Waals surface area contributed by atoms with Crippen molar-refractivity contribution in [2.24, 2.45) is 5.92 Å². The average molecular weight is 250 g/mol. The fourth-order valence-electron chi connectivity index (χ4n) is 2.37. The number of anilines is 1. The number of hydrogen-bond acceptors (Lipinski definition) is 5. The molecule has 0 bridgehead atoms. The van der Waals surface area contributed by atoms with Gasteiger partial charge in [0.2, 0.25) is 0 Å². The molecule has 2 rings (SSSR count). The molecule has 6 heteroatoms. The van der Waals surface area contributed by atoms with Gasteiger partial charge < -0.3 is 10.2 Å². The maximum Gasteiger partial charge on any atom is 0.274 e. The van der Waals surface area contributed by atoms with Gasteiger partial charge in [-0.2, -0.15) is 0 Å². The molecule has 1 N–H and O–H groups in total. The highest BCUT2D eigenvalue weighted by Crippen LogP contribution is 2.21. The Balaban J connectivity index is 2.05. The van der Waals surface area contributed by atoms with Gasteiger partial charge in [0.05, 0.1) is 11.0 Å². The van der Waals surface area contributed by atoms with E-state index in [-0.39, 0.29) is 5.69 Å². The SMILES string of the molecule is CC1CN(C)CCC1Nc1cc([N+](=O)[O-])ccn1. The number of nitro groups is 1. The van der Waals surface area contributed by atoms with E-state index in [1.165, 1.54) is 18.3 Å². The van der Waals surface area contributed by atoms with Gasteiger partial charge in [0.15, 0.2) is 0 Å². The van der Waals surface area contributed by atoms with E-state index in [1.54, 1.807) is 0 Å². The molecule has 1 fully saturated rings. The number of likely N-dealkylation sites (tertiary alicyclic amines) is 1. The zero-order chi connectivity index (χ0) is 13.1. The number of piperidine rings is 1. The van der Waals surface area contributed by atoms with Gasteiger partial charge in [0.25, 0.3) is 5.69 Å².